The Bertz CT molecular complexity index is 1390. The summed E-state index contributed by atoms with van der Waals surface area (Å²) in [6.45, 7) is 3.67. The fourth-order valence-corrected chi connectivity index (χ4v) is 6.61. The fourth-order valence-electron chi connectivity index (χ4n) is 6.61. The largest absolute Gasteiger partial charge is 0.457 e. The third-order valence-corrected chi connectivity index (χ3v) is 9.40. The lowest BCUT2D eigenvalue weighted by molar-refractivity contribution is -0.139. The van der Waals surface area contributed by atoms with Gasteiger partial charge in [0.15, 0.2) is 0 Å². The van der Waals surface area contributed by atoms with E-state index in [0.717, 1.165) is 49.9 Å². The number of likely N-dealkylation sites (tertiary alicyclic amines) is 2. The van der Waals surface area contributed by atoms with Gasteiger partial charge in [-0.2, -0.15) is 0 Å². The van der Waals surface area contributed by atoms with E-state index in [1.807, 2.05) is 48.5 Å². The van der Waals surface area contributed by atoms with Crippen molar-refractivity contribution in [2.45, 2.75) is 82.3 Å². The molecule has 2 saturated heterocycles. The molecule has 4 aliphatic rings. The minimum Gasteiger partial charge on any atom is -0.457 e. The monoisotopic (exact) mass is 615 g/mol. The zero-order valence-electron chi connectivity index (χ0n) is 26.0. The van der Waals surface area contributed by atoms with E-state index in [2.05, 4.69) is 20.9 Å². The SMILES string of the molecule is O=C(NCC1CC1)C1Cc2cccc(c2)Oc2cccc(c2)C[C@H](N2CCCC2=O)C(=O)N[C@@H](CCN2CCCCC2)C(=O)N1. The topological polar surface area (TPSA) is 120 Å². The lowest BCUT2D eigenvalue weighted by Crippen LogP contribution is -2.58. The van der Waals surface area contributed by atoms with Crippen LogP contribution in [0.2, 0.25) is 0 Å². The second-order valence-corrected chi connectivity index (χ2v) is 13.0. The number of nitrogens with zero attached hydrogens (tertiary/aromatic N) is 2. The van der Waals surface area contributed by atoms with E-state index in [0.29, 0.717) is 62.7 Å². The average molecular weight is 616 g/mol. The van der Waals surface area contributed by atoms with Crippen LogP contribution in [0.5, 0.6) is 11.5 Å². The Morgan fingerprint density at radius 3 is 2.22 bits per heavy atom. The molecule has 10 heteroatoms. The number of carbonyl (C=O) groups excluding carboxylic acids is 4. The molecule has 1 aliphatic carbocycles. The minimum atomic E-state index is -0.854. The molecule has 45 heavy (non-hydrogen) atoms. The highest BCUT2D eigenvalue weighted by Gasteiger charge is 2.36. The molecule has 3 fully saturated rings. The summed E-state index contributed by atoms with van der Waals surface area (Å²) in [6, 6.07) is 12.7. The number of amides is 4. The van der Waals surface area contributed by atoms with Crippen molar-refractivity contribution in [1.82, 2.24) is 25.8 Å². The lowest BCUT2D eigenvalue weighted by atomic mass is 10.0. The first-order chi connectivity index (χ1) is 21.9. The number of ether oxygens (including phenoxy) is 1. The number of piperidine rings is 1. The Balaban J connectivity index is 1.32. The Morgan fingerprint density at radius 2 is 1.56 bits per heavy atom. The van der Waals surface area contributed by atoms with Gasteiger partial charge in [0.05, 0.1) is 0 Å². The number of carbonyl (C=O) groups is 4. The van der Waals surface area contributed by atoms with E-state index >= 15 is 0 Å². The van der Waals surface area contributed by atoms with Gasteiger partial charge in [0.25, 0.3) is 0 Å². The molecule has 4 bridgehead atoms. The zero-order chi connectivity index (χ0) is 31.2. The van der Waals surface area contributed by atoms with E-state index in [1.54, 1.807) is 4.90 Å². The van der Waals surface area contributed by atoms with Gasteiger partial charge in [-0.15, -0.1) is 0 Å². The predicted molar refractivity (Wildman–Crippen MR) is 170 cm³/mol. The van der Waals surface area contributed by atoms with Gasteiger partial charge in [-0.3, -0.25) is 19.2 Å². The van der Waals surface area contributed by atoms with Gasteiger partial charge in [-0.25, -0.2) is 0 Å². The van der Waals surface area contributed by atoms with Crippen molar-refractivity contribution in [1.29, 1.82) is 0 Å². The van der Waals surface area contributed by atoms with Crippen LogP contribution < -0.4 is 20.7 Å². The summed E-state index contributed by atoms with van der Waals surface area (Å²) in [7, 11) is 0. The first-order valence-electron chi connectivity index (χ1n) is 16.7. The number of rotatable bonds is 7. The Labute approximate surface area is 265 Å². The van der Waals surface area contributed by atoms with E-state index in [-0.39, 0.29) is 30.0 Å². The van der Waals surface area contributed by atoms with Crippen LogP contribution in [-0.2, 0) is 32.0 Å². The summed E-state index contributed by atoms with van der Waals surface area (Å²) in [6.07, 6.45) is 7.71. The maximum atomic E-state index is 14.1. The molecule has 2 aromatic rings. The molecule has 10 nitrogen and oxygen atoms in total. The van der Waals surface area contributed by atoms with Gasteiger partial charge >= 0.3 is 0 Å². The summed E-state index contributed by atoms with van der Waals surface area (Å²) >= 11 is 0. The van der Waals surface area contributed by atoms with Crippen molar-refractivity contribution >= 4 is 23.6 Å². The summed E-state index contributed by atoms with van der Waals surface area (Å²) in [5, 5.41) is 9.07. The van der Waals surface area contributed by atoms with E-state index in [9.17, 15) is 19.2 Å². The minimum absolute atomic E-state index is 0.0597. The van der Waals surface area contributed by atoms with E-state index in [1.165, 1.54) is 6.42 Å². The second kappa shape index (κ2) is 14.5. The van der Waals surface area contributed by atoms with Crippen molar-refractivity contribution in [3.8, 4) is 11.5 Å². The van der Waals surface area contributed by atoms with Gasteiger partial charge in [-0.1, -0.05) is 30.7 Å². The fraction of sp³-hybridized carbons (Fsp3) is 0.543. The Kier molecular flexibility index (Phi) is 9.98. The molecule has 3 N–H and O–H groups in total. The molecule has 2 aromatic carbocycles. The number of hydrogen-bond donors (Lipinski definition) is 3. The average Bonchev–Trinajstić information content (AvgIpc) is 3.78. The van der Waals surface area contributed by atoms with Gasteiger partial charge < -0.3 is 30.5 Å². The number of fused-ring (bicyclic) bond motifs is 4. The predicted octanol–water partition coefficient (Wildman–Crippen LogP) is 2.94. The molecule has 3 aliphatic heterocycles. The van der Waals surface area contributed by atoms with Crippen molar-refractivity contribution in [2.75, 3.05) is 32.7 Å². The van der Waals surface area contributed by atoms with Gasteiger partial charge in [-0.05, 0) is 92.9 Å². The number of hydrogen-bond acceptors (Lipinski definition) is 6. The summed E-state index contributed by atoms with van der Waals surface area (Å²) < 4.78 is 6.21. The molecule has 0 spiro atoms. The van der Waals surface area contributed by atoms with Gasteiger partial charge in [0.2, 0.25) is 23.6 Å². The highest BCUT2D eigenvalue weighted by molar-refractivity contribution is 5.94. The zero-order valence-corrected chi connectivity index (χ0v) is 26.0. The molecule has 1 unspecified atom stereocenters. The van der Waals surface area contributed by atoms with Crippen molar-refractivity contribution < 1.29 is 23.9 Å². The standard InChI is InChI=1S/C35H45N5O5/c41-32-11-6-17-40(32)31-22-26-8-5-10-28(20-26)45-27-9-4-7-25(19-27)21-30(33(42)36-23-24-12-13-24)38-34(43)29(37-35(31)44)14-18-39-15-2-1-3-16-39/h4-5,7-10,19-20,24,29-31H,1-3,6,11-18,21-23H2,(H,36,42)(H,37,44)(H,38,43)/t29-,30?,31-/m0/s1. The molecule has 0 radical (unpaired) electrons. The maximum absolute atomic E-state index is 14.1. The Hall–Kier alpha value is -3.92. The van der Waals surface area contributed by atoms with E-state index in [4.69, 9.17) is 4.74 Å². The van der Waals surface area contributed by atoms with Crippen molar-refractivity contribution in [2.24, 2.45) is 5.92 Å². The molecule has 4 amide bonds. The first-order valence-corrected chi connectivity index (χ1v) is 16.7. The van der Waals surface area contributed by atoms with E-state index < -0.39 is 18.1 Å². The van der Waals surface area contributed by atoms with Crippen molar-refractivity contribution in [3.63, 3.8) is 0 Å². The normalized spacial score (nSPS) is 24.8. The molecule has 1 saturated carbocycles. The summed E-state index contributed by atoms with van der Waals surface area (Å²) in [4.78, 5) is 58.4. The molecule has 0 aromatic heterocycles. The molecule has 3 heterocycles. The molecule has 6 rings (SSSR count). The maximum Gasteiger partial charge on any atom is 0.243 e. The third-order valence-electron chi connectivity index (χ3n) is 9.40. The smallest absolute Gasteiger partial charge is 0.243 e. The van der Waals surface area contributed by atoms with Crippen LogP contribution in [0, 0.1) is 5.92 Å². The lowest BCUT2D eigenvalue weighted by Gasteiger charge is -2.31. The van der Waals surface area contributed by atoms with Crippen LogP contribution in [0.4, 0.5) is 0 Å². The summed E-state index contributed by atoms with van der Waals surface area (Å²) in [5.74, 6) is 0.679. The second-order valence-electron chi connectivity index (χ2n) is 13.0. The Morgan fingerprint density at radius 1 is 0.844 bits per heavy atom. The molecular weight excluding hydrogens is 570 g/mol. The van der Waals surface area contributed by atoms with Crippen LogP contribution >= 0.6 is 0 Å². The number of nitrogens with one attached hydrogen (secondary N) is 3. The van der Waals surface area contributed by atoms with Crippen LogP contribution in [0.3, 0.4) is 0 Å². The van der Waals surface area contributed by atoms with Crippen LogP contribution in [0.25, 0.3) is 0 Å². The molecule has 240 valence electrons. The highest BCUT2D eigenvalue weighted by atomic mass is 16.5. The quantitative estimate of drug-likeness (QED) is 0.441. The van der Waals surface area contributed by atoms with Crippen LogP contribution in [0.1, 0.15) is 62.5 Å². The van der Waals surface area contributed by atoms with Crippen LogP contribution in [0.15, 0.2) is 48.5 Å². The molecule has 3 atom stereocenters. The molecular formula is C35H45N5O5. The summed E-state index contributed by atoms with van der Waals surface area (Å²) in [5.41, 5.74) is 1.71. The number of benzene rings is 2. The first kappa shape index (κ1) is 31.1. The highest BCUT2D eigenvalue weighted by Crippen LogP contribution is 2.28. The third kappa shape index (κ3) is 8.42. The van der Waals surface area contributed by atoms with Crippen molar-refractivity contribution in [3.05, 3.63) is 59.7 Å². The van der Waals surface area contributed by atoms with Gasteiger partial charge in [0, 0.05) is 38.9 Å². The van der Waals surface area contributed by atoms with Crippen LogP contribution in [-0.4, -0.2) is 84.3 Å². The van der Waals surface area contributed by atoms with Gasteiger partial charge in [0.1, 0.15) is 29.6 Å².